The molecule has 14 rings (SSSR count). The number of nitrogens with zero attached hydrogens (tertiary/aromatic N) is 2. The molecule has 2 aliphatic carbocycles. The van der Waals surface area contributed by atoms with Crippen LogP contribution in [0.25, 0.3) is 81.0 Å². The van der Waals surface area contributed by atoms with Crippen LogP contribution in [0.4, 0.5) is 11.4 Å². The van der Waals surface area contributed by atoms with Crippen molar-refractivity contribution in [2.45, 2.75) is 90.9 Å². The molecule has 2 nitrogen and oxygen atoms in total. The summed E-state index contributed by atoms with van der Waals surface area (Å²) in [6.45, 7) is 23.6. The second-order valence-electron chi connectivity index (χ2n) is 22.9. The molecule has 2 aromatic heterocycles. The fourth-order valence-corrected chi connectivity index (χ4v) is 14.1. The fourth-order valence-electron chi connectivity index (χ4n) is 13.0. The van der Waals surface area contributed by atoms with Gasteiger partial charge in [0.1, 0.15) is 0 Å². The first-order chi connectivity index (χ1) is 31.5. The van der Waals surface area contributed by atoms with E-state index < -0.39 is 0 Å². The van der Waals surface area contributed by atoms with E-state index in [0.717, 1.165) is 0 Å². The maximum absolute atomic E-state index is 2.74. The molecule has 4 aliphatic rings. The molecule has 0 spiro atoms. The monoisotopic (exact) mass is 868 g/mol. The smallest absolute Gasteiger partial charge is 0.333 e. The highest BCUT2D eigenvalue weighted by Gasteiger charge is 2.47. The van der Waals surface area contributed by atoms with E-state index >= 15 is 0 Å². The average Bonchev–Trinajstić information content (AvgIpc) is 3.97. The lowest BCUT2D eigenvalue weighted by Crippen LogP contribution is -2.60. The van der Waals surface area contributed by atoms with Gasteiger partial charge in [-0.3, -0.25) is 0 Å². The van der Waals surface area contributed by atoms with Gasteiger partial charge < -0.3 is 9.38 Å². The van der Waals surface area contributed by atoms with Gasteiger partial charge in [0.05, 0.1) is 11.0 Å². The molecular weight excluding hydrogens is 816 g/mol. The van der Waals surface area contributed by atoms with Gasteiger partial charge in [0.25, 0.3) is 0 Å². The minimum atomic E-state index is -0.159. The maximum atomic E-state index is 2.74. The van der Waals surface area contributed by atoms with Crippen LogP contribution < -0.4 is 15.7 Å². The van der Waals surface area contributed by atoms with Gasteiger partial charge in [0.2, 0.25) is 0 Å². The van der Waals surface area contributed by atoms with Crippen LogP contribution >= 0.6 is 11.3 Å². The normalized spacial score (nSPS) is 15.9. The van der Waals surface area contributed by atoms with E-state index in [1.165, 1.54) is 137 Å². The largest absolute Gasteiger partial charge is 0.376 e. The van der Waals surface area contributed by atoms with Gasteiger partial charge in [-0.05, 0) is 131 Å². The summed E-state index contributed by atoms with van der Waals surface area (Å²) >= 11 is 1.93. The Morgan fingerprint density at radius 1 is 0.485 bits per heavy atom. The summed E-state index contributed by atoms with van der Waals surface area (Å²) in [4.78, 5) is 2.74. The second kappa shape index (κ2) is 12.3. The van der Waals surface area contributed by atoms with Gasteiger partial charge in [-0.2, -0.15) is 0 Å². The third-order valence-electron chi connectivity index (χ3n) is 16.5. The SMILES string of the molecule is CC(C)(C)c1ccc(N2B3c4cc5sc6ccccc6c5cc4-n4c5ccc6c(c5c5ccc(c3c54)-c3cc4c(cc32)-c2ccc(C(C)(C)C)cc2C4(C)C)-c2ccccc2C6(C)C)cc1. The standard InChI is InChI=1S/C62H53BN2S/c1-59(2,3)34-19-22-36(23-20-34)65-51-31-42-37-24-21-35(60(4,5)6)29-47(37)62(9,10)48(42)30-43(51)39-25-26-41-56-50(28-27-46-55(56)40-16-11-13-17-45(40)61(46,7)8)64-52-32-44-38-15-12-14-18-53(38)66-54(44)33-49(52)63(65)57(39)58(41)64/h11-33H,1-10H3. The van der Waals surface area contributed by atoms with Gasteiger partial charge >= 0.3 is 6.85 Å². The lowest BCUT2D eigenvalue weighted by molar-refractivity contribution is 0.584. The zero-order valence-corrected chi connectivity index (χ0v) is 40.5. The van der Waals surface area contributed by atoms with Crippen LogP contribution in [0, 0.1) is 0 Å². The molecule has 8 aromatic carbocycles. The van der Waals surface area contributed by atoms with E-state index in [1.807, 2.05) is 11.3 Å². The highest BCUT2D eigenvalue weighted by molar-refractivity contribution is 7.26. The van der Waals surface area contributed by atoms with Crippen molar-refractivity contribution < 1.29 is 0 Å². The molecule has 0 bridgehead atoms. The predicted molar refractivity (Wildman–Crippen MR) is 285 cm³/mol. The molecule has 4 heterocycles. The summed E-state index contributed by atoms with van der Waals surface area (Å²) in [5, 5.41) is 5.38. The molecule has 4 heteroatoms. The Morgan fingerprint density at radius 2 is 1.18 bits per heavy atom. The van der Waals surface area contributed by atoms with Crippen molar-refractivity contribution in [3.8, 4) is 39.1 Å². The van der Waals surface area contributed by atoms with Crippen LogP contribution in [0.3, 0.4) is 0 Å². The first kappa shape index (κ1) is 38.9. The van der Waals surface area contributed by atoms with E-state index in [0.29, 0.717) is 0 Å². The van der Waals surface area contributed by atoms with E-state index in [2.05, 4.69) is 218 Å². The zero-order chi connectivity index (χ0) is 45.1. The first-order valence-electron chi connectivity index (χ1n) is 24.0. The molecule has 0 fully saturated rings. The summed E-state index contributed by atoms with van der Waals surface area (Å²) in [5.41, 5.74) is 25.6. The Balaban J connectivity index is 1.15. The Morgan fingerprint density at radius 3 is 1.97 bits per heavy atom. The van der Waals surface area contributed by atoms with Crippen molar-refractivity contribution in [3.05, 3.63) is 173 Å². The number of aromatic nitrogens is 1. The number of fused-ring (bicyclic) bond motifs is 18. The third kappa shape index (κ3) is 4.78. The molecule has 2 aliphatic heterocycles. The van der Waals surface area contributed by atoms with E-state index in [4.69, 9.17) is 0 Å². The Labute approximate surface area is 392 Å². The molecule has 0 radical (unpaired) electrons. The van der Waals surface area contributed by atoms with Gasteiger partial charge in [-0.15, -0.1) is 11.3 Å². The number of anilines is 2. The molecule has 0 saturated heterocycles. The molecule has 10 aromatic rings. The van der Waals surface area contributed by atoms with Crippen molar-refractivity contribution in [1.82, 2.24) is 4.57 Å². The van der Waals surface area contributed by atoms with Crippen LogP contribution in [0.15, 0.2) is 140 Å². The average molecular weight is 869 g/mol. The van der Waals surface area contributed by atoms with Crippen molar-refractivity contribution in [3.63, 3.8) is 0 Å². The van der Waals surface area contributed by atoms with E-state index in [-0.39, 0.29) is 28.5 Å². The number of thiophene rings is 1. The third-order valence-corrected chi connectivity index (χ3v) is 17.6. The molecular formula is C62H53BN2S. The summed E-state index contributed by atoms with van der Waals surface area (Å²) in [6, 6.07) is 55.2. The van der Waals surface area contributed by atoms with Crippen LogP contribution in [0.5, 0.6) is 0 Å². The molecule has 0 saturated carbocycles. The minimum absolute atomic E-state index is 0.0394. The second-order valence-corrected chi connectivity index (χ2v) is 24.0. The quantitative estimate of drug-likeness (QED) is 0.149. The number of hydrogen-bond acceptors (Lipinski definition) is 2. The van der Waals surface area contributed by atoms with Crippen molar-refractivity contribution >= 4 is 82.5 Å². The number of rotatable bonds is 1. The van der Waals surface area contributed by atoms with Crippen molar-refractivity contribution in [1.29, 1.82) is 0 Å². The Bertz CT molecular complexity index is 3840. The van der Waals surface area contributed by atoms with Gasteiger partial charge in [0.15, 0.2) is 0 Å². The molecule has 320 valence electrons. The van der Waals surface area contributed by atoms with Gasteiger partial charge in [-0.25, -0.2) is 0 Å². The molecule has 0 N–H and O–H groups in total. The maximum Gasteiger partial charge on any atom is 0.333 e. The van der Waals surface area contributed by atoms with Gasteiger partial charge in [-0.1, -0.05) is 160 Å². The van der Waals surface area contributed by atoms with Crippen LogP contribution in [0.1, 0.15) is 103 Å². The van der Waals surface area contributed by atoms with Crippen molar-refractivity contribution in [2.75, 3.05) is 4.81 Å². The lowest BCUT2D eigenvalue weighted by Gasteiger charge is -2.42. The van der Waals surface area contributed by atoms with E-state index in [1.54, 1.807) is 0 Å². The highest BCUT2D eigenvalue weighted by atomic mass is 32.1. The number of hydrogen-bond donors (Lipinski definition) is 0. The molecule has 0 amide bonds. The lowest BCUT2D eigenvalue weighted by atomic mass is 9.44. The summed E-state index contributed by atoms with van der Waals surface area (Å²) in [7, 11) is 0. The topological polar surface area (TPSA) is 8.17 Å². The number of benzene rings is 8. The summed E-state index contributed by atoms with van der Waals surface area (Å²) in [6.07, 6.45) is 0. The first-order valence-corrected chi connectivity index (χ1v) is 24.8. The molecule has 66 heavy (non-hydrogen) atoms. The Kier molecular flexibility index (Phi) is 7.27. The minimum Gasteiger partial charge on any atom is -0.376 e. The Hall–Kier alpha value is -6.36. The predicted octanol–water partition coefficient (Wildman–Crippen LogP) is 15.6. The highest BCUT2D eigenvalue weighted by Crippen LogP contribution is 2.57. The van der Waals surface area contributed by atoms with Crippen LogP contribution in [0.2, 0.25) is 0 Å². The summed E-state index contributed by atoms with van der Waals surface area (Å²) < 4.78 is 5.36. The molecule has 0 atom stereocenters. The van der Waals surface area contributed by atoms with Crippen LogP contribution in [-0.4, -0.2) is 11.4 Å². The van der Waals surface area contributed by atoms with E-state index in [9.17, 15) is 0 Å². The fraction of sp³-hybridized carbons (Fsp3) is 0.226. The summed E-state index contributed by atoms with van der Waals surface area (Å²) in [5.74, 6) is 0. The molecule has 0 unspecified atom stereocenters. The zero-order valence-electron chi connectivity index (χ0n) is 39.7. The van der Waals surface area contributed by atoms with Crippen molar-refractivity contribution in [2.24, 2.45) is 0 Å². The van der Waals surface area contributed by atoms with Gasteiger partial charge in [0, 0.05) is 64.4 Å². The van der Waals surface area contributed by atoms with Crippen LogP contribution in [-0.2, 0) is 21.7 Å².